The molecule has 0 unspecified atom stereocenters. The van der Waals surface area contributed by atoms with Crippen molar-refractivity contribution in [3.63, 3.8) is 0 Å². The van der Waals surface area contributed by atoms with Gasteiger partial charge in [0.15, 0.2) is 0 Å². The van der Waals surface area contributed by atoms with Crippen molar-refractivity contribution >= 4 is 11.6 Å². The smallest absolute Gasteiger partial charge is 0.243 e. The van der Waals surface area contributed by atoms with E-state index in [1.807, 2.05) is 25.1 Å². The third-order valence-electron chi connectivity index (χ3n) is 4.46. The first-order valence-corrected chi connectivity index (χ1v) is 8.03. The maximum absolute atomic E-state index is 12.2. The Morgan fingerprint density at radius 1 is 1.13 bits per heavy atom. The standard InChI is InChI=1S/C20H22N2O/c1-13-9-10-17(14(2)11-13)15(3)21-22-20(23)19-12-18(19)16-7-5-4-6-8-16/h4-11,18-19H,12H2,1-3H3,(H,22,23)/b21-15-/t18-,19-/m1/s1. The van der Waals surface area contributed by atoms with Crippen LogP contribution in [0.2, 0.25) is 0 Å². The molecule has 0 saturated heterocycles. The molecule has 0 bridgehead atoms. The van der Waals surface area contributed by atoms with Gasteiger partial charge in [0, 0.05) is 11.5 Å². The van der Waals surface area contributed by atoms with Crippen LogP contribution in [-0.2, 0) is 4.79 Å². The first-order valence-electron chi connectivity index (χ1n) is 8.03. The van der Waals surface area contributed by atoms with Crippen molar-refractivity contribution in [1.29, 1.82) is 0 Å². The molecule has 3 heteroatoms. The van der Waals surface area contributed by atoms with Gasteiger partial charge in [-0.2, -0.15) is 5.10 Å². The minimum absolute atomic E-state index is 0.0166. The number of nitrogens with one attached hydrogen (secondary N) is 1. The summed E-state index contributed by atoms with van der Waals surface area (Å²) in [7, 11) is 0. The lowest BCUT2D eigenvalue weighted by Gasteiger charge is -2.07. The lowest BCUT2D eigenvalue weighted by atomic mass is 10.0. The van der Waals surface area contributed by atoms with Crippen LogP contribution in [0.5, 0.6) is 0 Å². The van der Waals surface area contributed by atoms with Crippen molar-refractivity contribution in [2.45, 2.75) is 33.1 Å². The van der Waals surface area contributed by atoms with E-state index in [9.17, 15) is 4.79 Å². The van der Waals surface area contributed by atoms with E-state index in [-0.39, 0.29) is 11.8 Å². The molecule has 2 atom stereocenters. The molecule has 1 fully saturated rings. The minimum Gasteiger partial charge on any atom is -0.273 e. The summed E-state index contributed by atoms with van der Waals surface area (Å²) in [4.78, 5) is 12.2. The molecular formula is C20H22N2O. The van der Waals surface area contributed by atoms with Gasteiger partial charge in [-0.25, -0.2) is 5.43 Å². The first-order chi connectivity index (χ1) is 11.1. The van der Waals surface area contributed by atoms with Crippen LogP contribution >= 0.6 is 0 Å². The fraction of sp³-hybridized carbons (Fsp3) is 0.300. The van der Waals surface area contributed by atoms with Gasteiger partial charge in [0.25, 0.3) is 0 Å². The zero-order chi connectivity index (χ0) is 16.4. The van der Waals surface area contributed by atoms with E-state index >= 15 is 0 Å². The van der Waals surface area contributed by atoms with E-state index in [0.717, 1.165) is 17.7 Å². The molecule has 2 aromatic carbocycles. The Balaban J connectivity index is 1.63. The first kappa shape index (κ1) is 15.5. The summed E-state index contributed by atoms with van der Waals surface area (Å²) in [6, 6.07) is 16.5. The predicted molar refractivity (Wildman–Crippen MR) is 93.6 cm³/mol. The van der Waals surface area contributed by atoms with Gasteiger partial charge < -0.3 is 0 Å². The van der Waals surface area contributed by atoms with Gasteiger partial charge in [-0.3, -0.25) is 4.79 Å². The molecule has 0 spiro atoms. The Kier molecular flexibility index (Phi) is 4.28. The summed E-state index contributed by atoms with van der Waals surface area (Å²) in [6.07, 6.45) is 0.911. The molecule has 1 aliphatic carbocycles. The van der Waals surface area contributed by atoms with Gasteiger partial charge in [-0.05, 0) is 44.2 Å². The second kappa shape index (κ2) is 6.37. The Hall–Kier alpha value is -2.42. The number of rotatable bonds is 4. The van der Waals surface area contributed by atoms with E-state index in [1.165, 1.54) is 16.7 Å². The molecule has 0 aromatic heterocycles. The molecule has 2 aromatic rings. The van der Waals surface area contributed by atoms with E-state index in [0.29, 0.717) is 5.92 Å². The Bertz CT molecular complexity index is 749. The molecule has 118 valence electrons. The summed E-state index contributed by atoms with van der Waals surface area (Å²) in [5, 5.41) is 4.29. The van der Waals surface area contributed by atoms with Crippen molar-refractivity contribution in [3.05, 3.63) is 70.8 Å². The van der Waals surface area contributed by atoms with Crippen LogP contribution in [-0.4, -0.2) is 11.6 Å². The topological polar surface area (TPSA) is 41.5 Å². The molecule has 0 radical (unpaired) electrons. The van der Waals surface area contributed by atoms with Gasteiger partial charge in [0.2, 0.25) is 5.91 Å². The number of nitrogens with zero attached hydrogens (tertiary/aromatic N) is 1. The SMILES string of the molecule is C/C(=N/NC(=O)[C@@H]1C[C@@H]1c1ccccc1)c1ccc(C)cc1C. The summed E-state index contributed by atoms with van der Waals surface area (Å²) in [5.74, 6) is 0.406. The zero-order valence-electron chi connectivity index (χ0n) is 13.8. The highest BCUT2D eigenvalue weighted by Gasteiger charge is 2.43. The van der Waals surface area contributed by atoms with Crippen molar-refractivity contribution in [2.24, 2.45) is 11.0 Å². The van der Waals surface area contributed by atoms with Crippen LogP contribution in [0.25, 0.3) is 0 Å². The van der Waals surface area contributed by atoms with Crippen LogP contribution < -0.4 is 5.43 Å². The van der Waals surface area contributed by atoms with Gasteiger partial charge in [0.05, 0.1) is 5.71 Å². The second-order valence-electron chi connectivity index (χ2n) is 6.35. The number of carbonyl (C=O) groups excluding carboxylic acids is 1. The molecule has 23 heavy (non-hydrogen) atoms. The van der Waals surface area contributed by atoms with Crippen molar-refractivity contribution in [1.82, 2.24) is 5.43 Å². The number of hydrogen-bond acceptors (Lipinski definition) is 2. The second-order valence-corrected chi connectivity index (χ2v) is 6.35. The molecule has 1 saturated carbocycles. The van der Waals surface area contributed by atoms with E-state index in [1.54, 1.807) is 0 Å². The van der Waals surface area contributed by atoms with Crippen molar-refractivity contribution in [2.75, 3.05) is 0 Å². The number of hydrazone groups is 1. The highest BCUT2D eigenvalue weighted by molar-refractivity contribution is 6.00. The highest BCUT2D eigenvalue weighted by Crippen LogP contribution is 2.47. The number of carbonyl (C=O) groups is 1. The summed E-state index contributed by atoms with van der Waals surface area (Å²) < 4.78 is 0. The maximum Gasteiger partial charge on any atom is 0.243 e. The summed E-state index contributed by atoms with van der Waals surface area (Å²) in [6.45, 7) is 6.07. The number of amides is 1. The molecule has 1 N–H and O–H groups in total. The van der Waals surface area contributed by atoms with Crippen LogP contribution in [0.15, 0.2) is 53.6 Å². The minimum atomic E-state index is 0.0166. The van der Waals surface area contributed by atoms with Crippen LogP contribution in [0.3, 0.4) is 0 Å². The fourth-order valence-corrected chi connectivity index (χ4v) is 3.06. The number of benzene rings is 2. The third-order valence-corrected chi connectivity index (χ3v) is 4.46. The number of aryl methyl sites for hydroxylation is 2. The highest BCUT2D eigenvalue weighted by atomic mass is 16.2. The molecule has 1 aliphatic rings. The van der Waals surface area contributed by atoms with Crippen LogP contribution in [0.1, 0.15) is 41.5 Å². The molecule has 0 aliphatic heterocycles. The quantitative estimate of drug-likeness (QED) is 0.674. The molecule has 3 rings (SSSR count). The van der Waals surface area contributed by atoms with E-state index < -0.39 is 0 Å². The van der Waals surface area contributed by atoms with Gasteiger partial charge in [-0.15, -0.1) is 0 Å². The Morgan fingerprint density at radius 3 is 2.57 bits per heavy atom. The van der Waals surface area contributed by atoms with Gasteiger partial charge in [-0.1, -0.05) is 54.1 Å². The molecule has 1 amide bonds. The predicted octanol–water partition coefficient (Wildman–Crippen LogP) is 3.95. The molecular weight excluding hydrogens is 284 g/mol. The third kappa shape index (κ3) is 3.50. The average Bonchev–Trinajstić information content (AvgIpc) is 3.34. The molecule has 3 nitrogen and oxygen atoms in total. The van der Waals surface area contributed by atoms with Crippen LogP contribution in [0, 0.1) is 19.8 Å². The van der Waals surface area contributed by atoms with Gasteiger partial charge >= 0.3 is 0 Å². The largest absolute Gasteiger partial charge is 0.273 e. The van der Waals surface area contributed by atoms with Crippen molar-refractivity contribution < 1.29 is 4.79 Å². The average molecular weight is 306 g/mol. The maximum atomic E-state index is 12.2. The Labute approximate surface area is 137 Å². The zero-order valence-corrected chi connectivity index (χ0v) is 13.8. The van der Waals surface area contributed by atoms with Crippen LogP contribution in [0.4, 0.5) is 0 Å². The number of hydrogen-bond donors (Lipinski definition) is 1. The summed E-state index contributed by atoms with van der Waals surface area (Å²) >= 11 is 0. The monoisotopic (exact) mass is 306 g/mol. The lowest BCUT2D eigenvalue weighted by molar-refractivity contribution is -0.122. The van der Waals surface area contributed by atoms with Crippen molar-refractivity contribution in [3.8, 4) is 0 Å². The fourth-order valence-electron chi connectivity index (χ4n) is 3.06. The summed E-state index contributed by atoms with van der Waals surface area (Å²) in [5.41, 5.74) is 8.29. The normalized spacial score (nSPS) is 20.2. The van der Waals surface area contributed by atoms with Gasteiger partial charge in [0.1, 0.15) is 0 Å². The molecule has 0 heterocycles. The Morgan fingerprint density at radius 2 is 1.87 bits per heavy atom. The lowest BCUT2D eigenvalue weighted by Crippen LogP contribution is -2.21. The van der Waals surface area contributed by atoms with E-state index in [4.69, 9.17) is 0 Å². The van der Waals surface area contributed by atoms with E-state index in [2.05, 4.69) is 54.7 Å².